The van der Waals surface area contributed by atoms with Gasteiger partial charge in [0.2, 0.25) is 0 Å². The van der Waals surface area contributed by atoms with Gasteiger partial charge in [-0.25, -0.2) is 4.79 Å². The number of anilines is 1. The summed E-state index contributed by atoms with van der Waals surface area (Å²) in [6.07, 6.45) is 3.62. The lowest BCUT2D eigenvalue weighted by atomic mass is 9.79. The number of halogens is 1. The maximum atomic E-state index is 12.0. The Morgan fingerprint density at radius 2 is 1.84 bits per heavy atom. The molecule has 2 amide bonds. The zero-order chi connectivity index (χ0) is 13.8. The summed E-state index contributed by atoms with van der Waals surface area (Å²) < 4.78 is 0. The van der Waals surface area contributed by atoms with E-state index in [1.807, 2.05) is 12.1 Å². The van der Waals surface area contributed by atoms with Crippen LogP contribution < -0.4 is 10.6 Å². The molecule has 0 aromatic heterocycles. The molecule has 1 aromatic rings. The fourth-order valence-electron chi connectivity index (χ4n) is 2.84. The number of carbonyl (C=O) groups excluding carboxylic acids is 1. The van der Waals surface area contributed by atoms with E-state index in [0.29, 0.717) is 22.5 Å². The van der Waals surface area contributed by atoms with Gasteiger partial charge in [0.25, 0.3) is 0 Å². The molecule has 0 saturated heterocycles. The van der Waals surface area contributed by atoms with E-state index in [1.165, 1.54) is 19.3 Å². The number of hydrogen-bond acceptors (Lipinski definition) is 1. The van der Waals surface area contributed by atoms with Gasteiger partial charge in [-0.2, -0.15) is 0 Å². The highest BCUT2D eigenvalue weighted by Crippen LogP contribution is 2.29. The van der Waals surface area contributed by atoms with Crippen molar-refractivity contribution >= 4 is 23.3 Å². The fraction of sp³-hybridized carbons (Fsp3) is 0.533. The Morgan fingerprint density at radius 1 is 1.21 bits per heavy atom. The molecule has 104 valence electrons. The van der Waals surface area contributed by atoms with Gasteiger partial charge in [-0.1, -0.05) is 44.0 Å². The van der Waals surface area contributed by atoms with Crippen molar-refractivity contribution in [1.82, 2.24) is 5.32 Å². The number of carbonyl (C=O) groups is 1. The first-order valence-electron chi connectivity index (χ1n) is 6.90. The van der Waals surface area contributed by atoms with Gasteiger partial charge in [0.1, 0.15) is 0 Å². The molecule has 2 rings (SSSR count). The van der Waals surface area contributed by atoms with Gasteiger partial charge < -0.3 is 10.6 Å². The van der Waals surface area contributed by atoms with Crippen LogP contribution in [0.3, 0.4) is 0 Å². The Kier molecular flexibility index (Phi) is 4.70. The van der Waals surface area contributed by atoms with Crippen LogP contribution in [0.2, 0.25) is 5.02 Å². The molecule has 1 saturated carbocycles. The monoisotopic (exact) mass is 280 g/mol. The standard InChI is InChI=1S/C15H21ClN2O/c1-10-6-5-7-11(2)14(10)18-15(19)17-13-9-4-3-8-12(13)16/h3-4,8-11,14H,5-7H2,1-2H3,(H2,17,18,19). The first-order chi connectivity index (χ1) is 9.08. The normalized spacial score (nSPS) is 26.8. The van der Waals surface area contributed by atoms with Crippen molar-refractivity contribution in [2.24, 2.45) is 11.8 Å². The van der Waals surface area contributed by atoms with E-state index >= 15 is 0 Å². The van der Waals surface area contributed by atoms with Crippen molar-refractivity contribution in [2.45, 2.75) is 39.2 Å². The third-order valence-electron chi connectivity index (χ3n) is 3.96. The molecule has 0 radical (unpaired) electrons. The van der Waals surface area contributed by atoms with E-state index in [1.54, 1.807) is 12.1 Å². The lowest BCUT2D eigenvalue weighted by Crippen LogP contribution is -2.47. The fourth-order valence-corrected chi connectivity index (χ4v) is 3.02. The molecule has 0 spiro atoms. The smallest absolute Gasteiger partial charge is 0.319 e. The van der Waals surface area contributed by atoms with Crippen molar-refractivity contribution in [3.63, 3.8) is 0 Å². The lowest BCUT2D eigenvalue weighted by molar-refractivity contribution is 0.202. The van der Waals surface area contributed by atoms with E-state index < -0.39 is 0 Å². The highest BCUT2D eigenvalue weighted by molar-refractivity contribution is 6.33. The van der Waals surface area contributed by atoms with E-state index in [4.69, 9.17) is 11.6 Å². The van der Waals surface area contributed by atoms with Gasteiger partial charge in [0.15, 0.2) is 0 Å². The highest BCUT2D eigenvalue weighted by Gasteiger charge is 2.28. The third-order valence-corrected chi connectivity index (χ3v) is 4.29. The number of amides is 2. The van der Waals surface area contributed by atoms with Gasteiger partial charge >= 0.3 is 6.03 Å². The summed E-state index contributed by atoms with van der Waals surface area (Å²) in [5.74, 6) is 1.06. The summed E-state index contributed by atoms with van der Waals surface area (Å²) in [5.41, 5.74) is 0.651. The second-order valence-electron chi connectivity index (χ2n) is 5.49. The van der Waals surface area contributed by atoms with Crippen LogP contribution in [-0.2, 0) is 0 Å². The van der Waals surface area contributed by atoms with Gasteiger partial charge in [-0.15, -0.1) is 0 Å². The van der Waals surface area contributed by atoms with Gasteiger partial charge in [0.05, 0.1) is 10.7 Å². The summed E-state index contributed by atoms with van der Waals surface area (Å²) in [7, 11) is 0. The maximum absolute atomic E-state index is 12.0. The second-order valence-corrected chi connectivity index (χ2v) is 5.90. The molecule has 3 nitrogen and oxygen atoms in total. The van der Waals surface area contributed by atoms with E-state index in [2.05, 4.69) is 24.5 Å². The van der Waals surface area contributed by atoms with Crippen molar-refractivity contribution < 1.29 is 4.79 Å². The minimum atomic E-state index is -0.168. The Morgan fingerprint density at radius 3 is 2.47 bits per heavy atom. The Labute approximate surface area is 119 Å². The summed E-state index contributed by atoms with van der Waals surface area (Å²) >= 11 is 6.03. The minimum absolute atomic E-state index is 0.168. The van der Waals surface area contributed by atoms with Crippen LogP contribution in [0.5, 0.6) is 0 Å². The third kappa shape index (κ3) is 3.63. The lowest BCUT2D eigenvalue weighted by Gasteiger charge is -2.35. The first kappa shape index (κ1) is 14.2. The molecule has 2 N–H and O–H groups in total. The van der Waals surface area contributed by atoms with Gasteiger partial charge in [-0.05, 0) is 36.8 Å². The van der Waals surface area contributed by atoms with Crippen molar-refractivity contribution in [1.29, 1.82) is 0 Å². The zero-order valence-electron chi connectivity index (χ0n) is 11.4. The van der Waals surface area contributed by atoms with Crippen LogP contribution in [-0.4, -0.2) is 12.1 Å². The summed E-state index contributed by atoms with van der Waals surface area (Å²) in [6, 6.07) is 7.35. The molecular weight excluding hydrogens is 260 g/mol. The number of urea groups is 1. The molecule has 1 aliphatic carbocycles. The molecule has 1 aromatic carbocycles. The average molecular weight is 281 g/mol. The van der Waals surface area contributed by atoms with Gasteiger partial charge in [-0.3, -0.25) is 0 Å². The predicted octanol–water partition coefficient (Wildman–Crippen LogP) is 4.29. The number of hydrogen-bond donors (Lipinski definition) is 2. The molecule has 4 heteroatoms. The van der Waals surface area contributed by atoms with Crippen LogP contribution >= 0.6 is 11.6 Å². The Balaban J connectivity index is 1.96. The van der Waals surface area contributed by atoms with Crippen LogP contribution in [0.1, 0.15) is 33.1 Å². The molecule has 0 bridgehead atoms. The maximum Gasteiger partial charge on any atom is 0.319 e. The zero-order valence-corrected chi connectivity index (χ0v) is 12.2. The van der Waals surface area contributed by atoms with Crippen LogP contribution in [0.4, 0.5) is 10.5 Å². The summed E-state index contributed by atoms with van der Waals surface area (Å²) in [6.45, 7) is 4.41. The van der Waals surface area contributed by atoms with E-state index in [-0.39, 0.29) is 12.1 Å². The molecular formula is C15H21ClN2O. The molecule has 19 heavy (non-hydrogen) atoms. The quantitative estimate of drug-likeness (QED) is 0.834. The predicted molar refractivity (Wildman–Crippen MR) is 79.6 cm³/mol. The molecule has 0 aliphatic heterocycles. The summed E-state index contributed by atoms with van der Waals surface area (Å²) in [5, 5.41) is 6.46. The highest BCUT2D eigenvalue weighted by atomic mass is 35.5. The van der Waals surface area contributed by atoms with Crippen molar-refractivity contribution in [3.8, 4) is 0 Å². The van der Waals surface area contributed by atoms with Gasteiger partial charge in [0, 0.05) is 6.04 Å². The molecule has 0 heterocycles. The molecule has 2 unspecified atom stereocenters. The van der Waals surface area contributed by atoms with Crippen molar-refractivity contribution in [3.05, 3.63) is 29.3 Å². The Hall–Kier alpha value is -1.22. The topological polar surface area (TPSA) is 41.1 Å². The number of para-hydroxylation sites is 1. The van der Waals surface area contributed by atoms with Crippen molar-refractivity contribution in [2.75, 3.05) is 5.32 Å². The molecule has 1 fully saturated rings. The Bertz CT molecular complexity index is 440. The SMILES string of the molecule is CC1CCCC(C)C1NC(=O)Nc1ccccc1Cl. The largest absolute Gasteiger partial charge is 0.335 e. The number of rotatable bonds is 2. The first-order valence-corrected chi connectivity index (χ1v) is 7.27. The minimum Gasteiger partial charge on any atom is -0.335 e. The summed E-state index contributed by atoms with van der Waals surface area (Å²) in [4.78, 5) is 12.0. The number of benzene rings is 1. The molecule has 1 aliphatic rings. The second kappa shape index (κ2) is 6.29. The average Bonchev–Trinajstić information content (AvgIpc) is 2.37. The van der Waals surface area contributed by atoms with E-state index in [0.717, 1.165) is 0 Å². The van der Waals surface area contributed by atoms with Crippen LogP contribution in [0.15, 0.2) is 24.3 Å². The number of nitrogens with one attached hydrogen (secondary N) is 2. The molecule has 2 atom stereocenters. The van der Waals surface area contributed by atoms with E-state index in [9.17, 15) is 4.79 Å². The van der Waals surface area contributed by atoms with Crippen LogP contribution in [0.25, 0.3) is 0 Å². The van der Waals surface area contributed by atoms with Crippen LogP contribution in [0, 0.1) is 11.8 Å².